The summed E-state index contributed by atoms with van der Waals surface area (Å²) >= 11 is 0. The molecule has 0 spiro atoms. The van der Waals surface area contributed by atoms with Crippen LogP contribution < -0.4 is 10.1 Å². The summed E-state index contributed by atoms with van der Waals surface area (Å²) in [6.45, 7) is 6.91. The topological polar surface area (TPSA) is 80.5 Å². The van der Waals surface area contributed by atoms with Gasteiger partial charge in [0.25, 0.3) is 0 Å². The summed E-state index contributed by atoms with van der Waals surface area (Å²) in [4.78, 5) is 19.1. The zero-order valence-corrected chi connectivity index (χ0v) is 16.6. The van der Waals surface area contributed by atoms with Gasteiger partial charge in [0.1, 0.15) is 5.75 Å². The van der Waals surface area contributed by atoms with Gasteiger partial charge in [-0.3, -0.25) is 0 Å². The first-order valence-electron chi connectivity index (χ1n) is 10.2. The largest absolute Gasteiger partial charge is 0.493 e. The molecule has 4 rings (SSSR count). The molecule has 0 saturated carbocycles. The van der Waals surface area contributed by atoms with Crippen molar-refractivity contribution < 1.29 is 14.1 Å². The van der Waals surface area contributed by atoms with Crippen molar-refractivity contribution in [2.75, 3.05) is 19.7 Å². The Bertz CT molecular complexity index is 833. The maximum Gasteiger partial charge on any atom is 0.317 e. The molecule has 0 aliphatic carbocycles. The molecule has 0 bridgehead atoms. The van der Waals surface area contributed by atoms with Gasteiger partial charge in [0.05, 0.1) is 12.5 Å². The number of aromatic nitrogens is 2. The van der Waals surface area contributed by atoms with Crippen molar-refractivity contribution in [3.8, 4) is 5.75 Å². The zero-order valence-electron chi connectivity index (χ0n) is 16.6. The molecule has 28 heavy (non-hydrogen) atoms. The van der Waals surface area contributed by atoms with E-state index in [9.17, 15) is 4.79 Å². The van der Waals surface area contributed by atoms with Gasteiger partial charge >= 0.3 is 6.03 Å². The van der Waals surface area contributed by atoms with Crippen LogP contribution in [0.1, 0.15) is 55.4 Å². The van der Waals surface area contributed by atoms with Gasteiger partial charge in [-0.1, -0.05) is 31.1 Å². The number of nitrogens with one attached hydrogen (secondary N) is 1. The summed E-state index contributed by atoms with van der Waals surface area (Å²) in [5.74, 6) is 2.99. The minimum atomic E-state index is -0.0385. The van der Waals surface area contributed by atoms with Gasteiger partial charge in [-0.25, -0.2) is 4.79 Å². The SMILES string of the molecule is CC(C)Cc1noc(C2CCCN(C(=O)NCc3ccc4c(c3)CCO4)C2)n1. The number of ether oxygens (including phenoxy) is 1. The molecule has 2 aliphatic heterocycles. The molecule has 1 N–H and O–H groups in total. The van der Waals surface area contributed by atoms with E-state index in [0.717, 1.165) is 56.0 Å². The number of amides is 2. The third-order valence-electron chi connectivity index (χ3n) is 5.33. The highest BCUT2D eigenvalue weighted by Gasteiger charge is 2.28. The van der Waals surface area contributed by atoms with Gasteiger partial charge in [-0.15, -0.1) is 0 Å². The molecule has 150 valence electrons. The molecular weight excluding hydrogens is 356 g/mol. The van der Waals surface area contributed by atoms with Crippen LogP contribution in [-0.2, 0) is 19.4 Å². The van der Waals surface area contributed by atoms with Crippen molar-refractivity contribution in [3.05, 3.63) is 41.0 Å². The van der Waals surface area contributed by atoms with E-state index >= 15 is 0 Å². The molecule has 1 atom stereocenters. The molecule has 2 aromatic rings. The van der Waals surface area contributed by atoms with Crippen LogP contribution in [0.5, 0.6) is 5.75 Å². The number of piperidine rings is 1. The van der Waals surface area contributed by atoms with Gasteiger partial charge < -0.3 is 19.5 Å². The summed E-state index contributed by atoms with van der Waals surface area (Å²) < 4.78 is 11.0. The van der Waals surface area contributed by atoms with Gasteiger partial charge in [-0.05, 0) is 36.0 Å². The van der Waals surface area contributed by atoms with Crippen LogP contribution in [0, 0.1) is 5.92 Å². The van der Waals surface area contributed by atoms with Gasteiger partial charge in [-0.2, -0.15) is 4.98 Å². The fourth-order valence-corrected chi connectivity index (χ4v) is 3.88. The van der Waals surface area contributed by atoms with Crippen molar-refractivity contribution in [1.29, 1.82) is 0 Å². The molecule has 1 aromatic heterocycles. The molecule has 3 heterocycles. The van der Waals surface area contributed by atoms with Crippen molar-refractivity contribution in [2.24, 2.45) is 5.92 Å². The fraction of sp³-hybridized carbons (Fsp3) is 0.571. The summed E-state index contributed by atoms with van der Waals surface area (Å²) in [5.41, 5.74) is 2.32. The molecule has 7 heteroatoms. The predicted octanol–water partition coefficient (Wildman–Crippen LogP) is 3.29. The Morgan fingerprint density at radius 1 is 1.39 bits per heavy atom. The minimum Gasteiger partial charge on any atom is -0.493 e. The summed E-state index contributed by atoms with van der Waals surface area (Å²) in [6.07, 6.45) is 3.66. The smallest absolute Gasteiger partial charge is 0.317 e. The molecule has 1 fully saturated rings. The Morgan fingerprint density at radius 2 is 2.29 bits per heavy atom. The minimum absolute atomic E-state index is 0.0385. The number of carbonyl (C=O) groups is 1. The van der Waals surface area contributed by atoms with E-state index in [1.165, 1.54) is 5.56 Å². The maximum atomic E-state index is 12.7. The van der Waals surface area contributed by atoms with Gasteiger partial charge in [0, 0.05) is 32.5 Å². The lowest BCUT2D eigenvalue weighted by molar-refractivity contribution is 0.171. The van der Waals surface area contributed by atoms with Crippen LogP contribution in [0.4, 0.5) is 4.79 Å². The number of urea groups is 1. The Balaban J connectivity index is 1.32. The average molecular weight is 384 g/mol. The number of carbonyl (C=O) groups excluding carboxylic acids is 1. The molecular formula is C21H28N4O3. The number of nitrogens with zero attached hydrogens (tertiary/aromatic N) is 3. The van der Waals surface area contributed by atoms with E-state index in [-0.39, 0.29) is 11.9 Å². The first-order chi connectivity index (χ1) is 13.6. The normalized spacial score (nSPS) is 18.8. The predicted molar refractivity (Wildman–Crippen MR) is 104 cm³/mol. The number of hydrogen-bond donors (Lipinski definition) is 1. The standard InChI is InChI=1S/C21H28N4O3/c1-14(2)10-19-23-20(28-24-19)17-4-3-8-25(13-17)21(26)22-12-15-5-6-18-16(11-15)7-9-27-18/h5-6,11,14,17H,3-4,7-10,12-13H2,1-2H3,(H,22,26). The van der Waals surface area contributed by atoms with E-state index in [0.29, 0.717) is 24.9 Å². The van der Waals surface area contributed by atoms with Crippen molar-refractivity contribution in [1.82, 2.24) is 20.4 Å². The Labute approximate surface area is 165 Å². The van der Waals surface area contributed by atoms with Crippen LogP contribution in [0.15, 0.2) is 22.7 Å². The lowest BCUT2D eigenvalue weighted by Gasteiger charge is -2.31. The van der Waals surface area contributed by atoms with Crippen LogP contribution in [0.3, 0.4) is 0 Å². The second kappa shape index (κ2) is 8.20. The van der Waals surface area contributed by atoms with Crippen molar-refractivity contribution >= 4 is 6.03 Å². The van der Waals surface area contributed by atoms with Gasteiger partial charge in [0.15, 0.2) is 5.82 Å². The summed E-state index contributed by atoms with van der Waals surface area (Å²) in [6, 6.07) is 6.09. The summed E-state index contributed by atoms with van der Waals surface area (Å²) in [7, 11) is 0. The van der Waals surface area contributed by atoms with E-state index in [1.54, 1.807) is 0 Å². The maximum absolute atomic E-state index is 12.7. The molecule has 1 unspecified atom stereocenters. The zero-order chi connectivity index (χ0) is 19.5. The molecule has 2 aliphatic rings. The van der Waals surface area contributed by atoms with Crippen LogP contribution in [-0.4, -0.2) is 40.8 Å². The third-order valence-corrected chi connectivity index (χ3v) is 5.33. The van der Waals surface area contributed by atoms with Crippen LogP contribution in [0.2, 0.25) is 0 Å². The highest BCUT2D eigenvalue weighted by Crippen LogP contribution is 2.27. The number of rotatable bonds is 5. The number of likely N-dealkylation sites (tertiary alicyclic amines) is 1. The molecule has 7 nitrogen and oxygen atoms in total. The lowest BCUT2D eigenvalue weighted by Crippen LogP contribution is -2.44. The van der Waals surface area contributed by atoms with Crippen LogP contribution >= 0.6 is 0 Å². The second-order valence-electron chi connectivity index (χ2n) is 8.13. The van der Waals surface area contributed by atoms with Gasteiger partial charge in [0.2, 0.25) is 5.89 Å². The lowest BCUT2D eigenvalue weighted by atomic mass is 9.98. The van der Waals surface area contributed by atoms with E-state index in [2.05, 4.69) is 35.4 Å². The van der Waals surface area contributed by atoms with E-state index in [1.807, 2.05) is 17.0 Å². The Morgan fingerprint density at radius 3 is 3.14 bits per heavy atom. The summed E-state index contributed by atoms with van der Waals surface area (Å²) in [5, 5.41) is 7.13. The molecule has 0 radical (unpaired) electrons. The quantitative estimate of drug-likeness (QED) is 0.856. The fourth-order valence-electron chi connectivity index (χ4n) is 3.88. The molecule has 1 saturated heterocycles. The number of hydrogen-bond acceptors (Lipinski definition) is 5. The molecule has 1 aromatic carbocycles. The monoisotopic (exact) mass is 384 g/mol. The van der Waals surface area contributed by atoms with Crippen molar-refractivity contribution in [2.45, 2.75) is 52.0 Å². The Hall–Kier alpha value is -2.57. The number of fused-ring (bicyclic) bond motifs is 1. The second-order valence-corrected chi connectivity index (χ2v) is 8.13. The van der Waals surface area contributed by atoms with E-state index < -0.39 is 0 Å². The van der Waals surface area contributed by atoms with Crippen molar-refractivity contribution in [3.63, 3.8) is 0 Å². The third kappa shape index (κ3) is 4.29. The average Bonchev–Trinajstić information content (AvgIpc) is 3.34. The number of benzene rings is 1. The Kier molecular flexibility index (Phi) is 5.50. The highest BCUT2D eigenvalue weighted by molar-refractivity contribution is 5.74. The van der Waals surface area contributed by atoms with Crippen LogP contribution in [0.25, 0.3) is 0 Å². The first kappa shape index (κ1) is 18.8. The van der Waals surface area contributed by atoms with E-state index in [4.69, 9.17) is 9.26 Å². The first-order valence-corrected chi connectivity index (χ1v) is 10.2. The molecule has 2 amide bonds. The highest BCUT2D eigenvalue weighted by atomic mass is 16.5.